The van der Waals surface area contributed by atoms with Crippen molar-refractivity contribution in [2.45, 2.75) is 12.5 Å². The summed E-state index contributed by atoms with van der Waals surface area (Å²) in [6.45, 7) is 0.460. The Morgan fingerprint density at radius 3 is 1.91 bits per heavy atom. The minimum absolute atomic E-state index is 0.193. The van der Waals surface area contributed by atoms with Gasteiger partial charge in [-0.25, -0.2) is 5.43 Å². The third-order valence-corrected chi connectivity index (χ3v) is 5.06. The molecule has 0 spiro atoms. The van der Waals surface area contributed by atoms with E-state index in [1.807, 2.05) is 115 Å². The quantitative estimate of drug-likeness (QED) is 0.300. The third-order valence-electron chi connectivity index (χ3n) is 5.06. The molecule has 0 fully saturated rings. The lowest BCUT2D eigenvalue weighted by molar-refractivity contribution is -0.121. The Bertz CT molecular complexity index is 1120. The number of para-hydroxylation sites is 1. The van der Waals surface area contributed by atoms with Crippen molar-refractivity contribution in [3.05, 3.63) is 138 Å². The molecule has 0 unspecified atom stereocenters. The number of nitrogens with zero attached hydrogens (tertiary/aromatic N) is 1. The number of carbonyl (C=O) groups is 1. The number of hydrogen-bond donors (Lipinski definition) is 1. The van der Waals surface area contributed by atoms with Crippen molar-refractivity contribution in [2.75, 3.05) is 0 Å². The Hall–Kier alpha value is -4.18. The maximum absolute atomic E-state index is 13.1. The summed E-state index contributed by atoms with van der Waals surface area (Å²) in [6.07, 6.45) is 1.62. The van der Waals surface area contributed by atoms with E-state index in [0.29, 0.717) is 12.4 Å². The Morgan fingerprint density at radius 2 is 1.28 bits per heavy atom. The number of nitrogens with one attached hydrogen (secondary N) is 1. The minimum atomic E-state index is -0.445. The highest BCUT2D eigenvalue weighted by molar-refractivity contribution is 5.89. The van der Waals surface area contributed by atoms with Crippen LogP contribution in [-0.2, 0) is 11.4 Å². The summed E-state index contributed by atoms with van der Waals surface area (Å²) in [6, 6.07) is 37.0. The summed E-state index contributed by atoms with van der Waals surface area (Å²) in [5.41, 5.74) is 6.41. The van der Waals surface area contributed by atoms with E-state index in [4.69, 9.17) is 4.74 Å². The highest BCUT2D eigenvalue weighted by Crippen LogP contribution is 2.24. The minimum Gasteiger partial charge on any atom is -0.488 e. The Balaban J connectivity index is 1.47. The zero-order valence-corrected chi connectivity index (χ0v) is 17.6. The number of hydrogen-bond acceptors (Lipinski definition) is 3. The normalized spacial score (nSPS) is 10.9. The summed E-state index contributed by atoms with van der Waals surface area (Å²) < 4.78 is 5.96. The number of ether oxygens (including phenoxy) is 1. The molecular weight excluding hydrogens is 396 g/mol. The van der Waals surface area contributed by atoms with E-state index in [9.17, 15) is 4.79 Å². The van der Waals surface area contributed by atoms with Gasteiger partial charge in [-0.15, -0.1) is 0 Å². The van der Waals surface area contributed by atoms with Crippen molar-refractivity contribution < 1.29 is 9.53 Å². The first-order valence-electron chi connectivity index (χ1n) is 10.5. The molecule has 1 amide bonds. The van der Waals surface area contributed by atoms with Crippen LogP contribution >= 0.6 is 0 Å². The SMILES string of the molecule is O=C(NN=Cc1ccccc1OCc1ccccc1)C(c1ccccc1)c1ccccc1. The molecule has 0 saturated heterocycles. The first-order valence-corrected chi connectivity index (χ1v) is 10.5. The van der Waals surface area contributed by atoms with Crippen LogP contribution in [0.4, 0.5) is 0 Å². The predicted octanol–water partition coefficient (Wildman–Crippen LogP) is 5.55. The Kier molecular flexibility index (Phi) is 7.06. The van der Waals surface area contributed by atoms with Crippen LogP contribution in [0.25, 0.3) is 0 Å². The lowest BCUT2D eigenvalue weighted by atomic mass is 9.91. The van der Waals surface area contributed by atoms with Crippen LogP contribution in [0, 0.1) is 0 Å². The molecule has 158 valence electrons. The molecule has 4 heteroatoms. The van der Waals surface area contributed by atoms with Crippen LogP contribution in [0.2, 0.25) is 0 Å². The van der Waals surface area contributed by atoms with Crippen molar-refractivity contribution in [1.29, 1.82) is 0 Å². The van der Waals surface area contributed by atoms with Gasteiger partial charge in [0.2, 0.25) is 0 Å². The van der Waals surface area contributed by atoms with Crippen LogP contribution in [-0.4, -0.2) is 12.1 Å². The summed E-state index contributed by atoms with van der Waals surface area (Å²) in [4.78, 5) is 13.1. The van der Waals surface area contributed by atoms with Gasteiger partial charge >= 0.3 is 0 Å². The van der Waals surface area contributed by atoms with Crippen molar-refractivity contribution in [3.8, 4) is 5.75 Å². The highest BCUT2D eigenvalue weighted by atomic mass is 16.5. The highest BCUT2D eigenvalue weighted by Gasteiger charge is 2.22. The lowest BCUT2D eigenvalue weighted by Gasteiger charge is -2.16. The van der Waals surface area contributed by atoms with E-state index in [-0.39, 0.29) is 5.91 Å². The van der Waals surface area contributed by atoms with E-state index in [1.165, 1.54) is 0 Å². The zero-order chi connectivity index (χ0) is 22.0. The van der Waals surface area contributed by atoms with Crippen LogP contribution < -0.4 is 10.2 Å². The van der Waals surface area contributed by atoms with E-state index in [2.05, 4.69) is 10.5 Å². The first-order chi connectivity index (χ1) is 15.8. The van der Waals surface area contributed by atoms with Gasteiger partial charge in [0.1, 0.15) is 12.4 Å². The van der Waals surface area contributed by atoms with Crippen molar-refractivity contribution >= 4 is 12.1 Å². The van der Waals surface area contributed by atoms with Crippen molar-refractivity contribution in [3.63, 3.8) is 0 Å². The van der Waals surface area contributed by atoms with Crippen LogP contribution in [0.3, 0.4) is 0 Å². The number of hydrazone groups is 1. The predicted molar refractivity (Wildman–Crippen MR) is 128 cm³/mol. The van der Waals surface area contributed by atoms with Crippen molar-refractivity contribution in [1.82, 2.24) is 5.43 Å². The van der Waals surface area contributed by atoms with Gasteiger partial charge in [0.25, 0.3) is 5.91 Å². The standard InChI is InChI=1S/C28H24N2O2/c31-28(27(23-14-6-2-7-15-23)24-16-8-3-9-17-24)30-29-20-25-18-10-11-19-26(25)32-21-22-12-4-1-5-13-22/h1-20,27H,21H2,(H,30,31). The second kappa shape index (κ2) is 10.7. The molecule has 4 aromatic rings. The monoisotopic (exact) mass is 420 g/mol. The van der Waals surface area contributed by atoms with Gasteiger partial charge in [-0.05, 0) is 28.8 Å². The molecule has 32 heavy (non-hydrogen) atoms. The average Bonchev–Trinajstić information content (AvgIpc) is 2.85. The third kappa shape index (κ3) is 5.49. The van der Waals surface area contributed by atoms with Gasteiger partial charge in [0.15, 0.2) is 0 Å². The molecule has 0 saturated carbocycles. The smallest absolute Gasteiger partial charge is 0.252 e. The second-order valence-corrected chi connectivity index (χ2v) is 7.30. The van der Waals surface area contributed by atoms with Gasteiger partial charge in [0.05, 0.1) is 12.1 Å². The molecule has 1 N–H and O–H groups in total. The van der Waals surface area contributed by atoms with E-state index in [1.54, 1.807) is 6.21 Å². The van der Waals surface area contributed by atoms with E-state index < -0.39 is 5.92 Å². The molecule has 0 aliphatic heterocycles. The molecule has 0 radical (unpaired) electrons. The van der Waals surface area contributed by atoms with Gasteiger partial charge in [-0.3, -0.25) is 4.79 Å². The van der Waals surface area contributed by atoms with Gasteiger partial charge in [0, 0.05) is 5.56 Å². The number of benzene rings is 4. The number of carbonyl (C=O) groups excluding carboxylic acids is 1. The topological polar surface area (TPSA) is 50.7 Å². The molecule has 0 heterocycles. The lowest BCUT2D eigenvalue weighted by Crippen LogP contribution is -2.26. The van der Waals surface area contributed by atoms with Gasteiger partial charge in [-0.2, -0.15) is 5.10 Å². The van der Waals surface area contributed by atoms with Crippen LogP contribution in [0.1, 0.15) is 28.2 Å². The first kappa shape index (κ1) is 21.1. The molecule has 0 bridgehead atoms. The maximum atomic E-state index is 13.1. The summed E-state index contributed by atoms with van der Waals surface area (Å²) in [5.74, 6) is 0.0671. The zero-order valence-electron chi connectivity index (χ0n) is 17.6. The fourth-order valence-corrected chi connectivity index (χ4v) is 3.47. The van der Waals surface area contributed by atoms with Crippen LogP contribution in [0.15, 0.2) is 120 Å². The molecule has 0 atom stereocenters. The summed E-state index contributed by atoms with van der Waals surface area (Å²) in [7, 11) is 0. The second-order valence-electron chi connectivity index (χ2n) is 7.30. The van der Waals surface area contributed by atoms with E-state index >= 15 is 0 Å². The molecule has 4 nitrogen and oxygen atoms in total. The van der Waals surface area contributed by atoms with Gasteiger partial charge in [-0.1, -0.05) is 103 Å². The fraction of sp³-hybridized carbons (Fsp3) is 0.0714. The Morgan fingerprint density at radius 1 is 0.750 bits per heavy atom. The largest absolute Gasteiger partial charge is 0.488 e. The fourth-order valence-electron chi connectivity index (χ4n) is 3.47. The Labute approximate surface area is 188 Å². The molecule has 4 aromatic carbocycles. The summed E-state index contributed by atoms with van der Waals surface area (Å²) in [5, 5.41) is 4.22. The number of amides is 1. The average molecular weight is 421 g/mol. The van der Waals surface area contributed by atoms with Gasteiger partial charge < -0.3 is 4.74 Å². The molecular formula is C28H24N2O2. The molecule has 0 aliphatic rings. The number of rotatable bonds is 8. The molecule has 0 aromatic heterocycles. The molecule has 0 aliphatic carbocycles. The summed E-state index contributed by atoms with van der Waals surface area (Å²) >= 11 is 0. The van der Waals surface area contributed by atoms with Crippen molar-refractivity contribution in [2.24, 2.45) is 5.10 Å². The van der Waals surface area contributed by atoms with Crippen LogP contribution in [0.5, 0.6) is 5.75 Å². The van der Waals surface area contributed by atoms with E-state index in [0.717, 1.165) is 22.3 Å². The maximum Gasteiger partial charge on any atom is 0.252 e. The molecule has 4 rings (SSSR count).